The van der Waals surface area contributed by atoms with Crippen molar-refractivity contribution in [2.24, 2.45) is 0 Å². The number of ether oxygens (including phenoxy) is 3. The number of benzene rings is 2. The molecular formula is C19H19N3O5. The number of carbonyl (C=O) groups excluding carboxylic acids is 2. The molecule has 1 saturated heterocycles. The maximum Gasteiger partial charge on any atom is 0.321 e. The van der Waals surface area contributed by atoms with Crippen LogP contribution in [0.5, 0.6) is 17.2 Å². The first-order valence-electron chi connectivity index (χ1n) is 8.60. The van der Waals surface area contributed by atoms with Gasteiger partial charge in [0.15, 0.2) is 11.5 Å². The van der Waals surface area contributed by atoms with E-state index in [9.17, 15) is 9.59 Å². The van der Waals surface area contributed by atoms with Crippen LogP contribution in [0.3, 0.4) is 0 Å². The molecule has 0 aromatic heterocycles. The lowest BCUT2D eigenvalue weighted by molar-refractivity contribution is 0.102. The Labute approximate surface area is 156 Å². The smallest absolute Gasteiger partial charge is 0.321 e. The van der Waals surface area contributed by atoms with Crippen LogP contribution in [0.15, 0.2) is 36.4 Å². The van der Waals surface area contributed by atoms with E-state index in [1.165, 1.54) is 7.11 Å². The Bertz CT molecular complexity index is 882. The Kier molecular flexibility index (Phi) is 4.45. The van der Waals surface area contributed by atoms with Crippen molar-refractivity contribution in [2.75, 3.05) is 43.6 Å². The SMILES string of the molecule is COc1cc(C(=O)Nc2cccc(N3CCNC3=O)c2)cc2c1OCCO2. The highest BCUT2D eigenvalue weighted by Crippen LogP contribution is 2.40. The molecule has 0 unspecified atom stereocenters. The summed E-state index contributed by atoms with van der Waals surface area (Å²) in [6.07, 6.45) is 0. The van der Waals surface area contributed by atoms with Gasteiger partial charge in [0.05, 0.1) is 7.11 Å². The second kappa shape index (κ2) is 7.06. The third kappa shape index (κ3) is 3.33. The van der Waals surface area contributed by atoms with E-state index in [4.69, 9.17) is 14.2 Å². The molecule has 2 aromatic carbocycles. The molecular weight excluding hydrogens is 350 g/mol. The van der Waals surface area contributed by atoms with Crippen LogP contribution in [0.1, 0.15) is 10.4 Å². The monoisotopic (exact) mass is 369 g/mol. The Hall–Kier alpha value is -3.42. The van der Waals surface area contributed by atoms with Gasteiger partial charge >= 0.3 is 6.03 Å². The molecule has 0 aliphatic carbocycles. The summed E-state index contributed by atoms with van der Waals surface area (Å²) in [5, 5.41) is 5.60. The average Bonchev–Trinajstić information content (AvgIpc) is 3.13. The predicted molar refractivity (Wildman–Crippen MR) is 99.1 cm³/mol. The van der Waals surface area contributed by atoms with Crippen LogP contribution >= 0.6 is 0 Å². The van der Waals surface area contributed by atoms with Gasteiger partial charge in [-0.05, 0) is 30.3 Å². The number of hydrogen-bond acceptors (Lipinski definition) is 5. The third-order valence-corrected chi connectivity index (χ3v) is 4.36. The van der Waals surface area contributed by atoms with E-state index in [2.05, 4.69) is 10.6 Å². The molecule has 27 heavy (non-hydrogen) atoms. The predicted octanol–water partition coefficient (Wildman–Crippen LogP) is 2.25. The number of methoxy groups -OCH3 is 1. The molecule has 0 spiro atoms. The zero-order valence-corrected chi connectivity index (χ0v) is 14.8. The molecule has 0 radical (unpaired) electrons. The number of rotatable bonds is 4. The van der Waals surface area contributed by atoms with Crippen LogP contribution in [-0.2, 0) is 0 Å². The van der Waals surface area contributed by atoms with Gasteiger partial charge < -0.3 is 24.8 Å². The standard InChI is InChI=1S/C19H19N3O5/c1-25-15-9-12(10-16-17(15)27-8-7-26-16)18(23)21-13-3-2-4-14(11-13)22-6-5-20-19(22)24/h2-4,9-11H,5-8H2,1H3,(H,20,24)(H,21,23). The summed E-state index contributed by atoms with van der Waals surface area (Å²) in [4.78, 5) is 26.2. The summed E-state index contributed by atoms with van der Waals surface area (Å²) in [5.74, 6) is 1.11. The van der Waals surface area contributed by atoms with Crippen molar-refractivity contribution in [1.29, 1.82) is 0 Å². The van der Waals surface area contributed by atoms with E-state index in [1.807, 2.05) is 6.07 Å². The topological polar surface area (TPSA) is 89.1 Å². The fourth-order valence-electron chi connectivity index (χ4n) is 3.08. The van der Waals surface area contributed by atoms with Crippen molar-refractivity contribution in [3.05, 3.63) is 42.0 Å². The number of urea groups is 1. The number of nitrogens with zero attached hydrogens (tertiary/aromatic N) is 1. The van der Waals surface area contributed by atoms with Crippen LogP contribution in [-0.4, -0.2) is 45.4 Å². The highest BCUT2D eigenvalue weighted by Gasteiger charge is 2.23. The molecule has 8 nitrogen and oxygen atoms in total. The molecule has 0 saturated carbocycles. The van der Waals surface area contributed by atoms with Gasteiger partial charge in [0, 0.05) is 30.0 Å². The Morgan fingerprint density at radius 2 is 2.07 bits per heavy atom. The van der Waals surface area contributed by atoms with Gasteiger partial charge in [0.25, 0.3) is 5.91 Å². The van der Waals surface area contributed by atoms with E-state index >= 15 is 0 Å². The quantitative estimate of drug-likeness (QED) is 0.863. The molecule has 4 rings (SSSR count). The molecule has 3 amide bonds. The fraction of sp³-hybridized carbons (Fsp3) is 0.263. The molecule has 2 heterocycles. The van der Waals surface area contributed by atoms with Crippen molar-refractivity contribution < 1.29 is 23.8 Å². The van der Waals surface area contributed by atoms with E-state index < -0.39 is 0 Å². The number of nitrogens with one attached hydrogen (secondary N) is 2. The number of hydrogen-bond donors (Lipinski definition) is 2. The first kappa shape index (κ1) is 17.0. The summed E-state index contributed by atoms with van der Waals surface area (Å²) in [7, 11) is 1.51. The minimum atomic E-state index is -0.312. The van der Waals surface area contributed by atoms with E-state index in [0.29, 0.717) is 54.8 Å². The van der Waals surface area contributed by atoms with Crippen LogP contribution < -0.4 is 29.7 Å². The van der Waals surface area contributed by atoms with Gasteiger partial charge in [-0.3, -0.25) is 9.69 Å². The summed E-state index contributed by atoms with van der Waals surface area (Å²) >= 11 is 0. The Morgan fingerprint density at radius 3 is 2.85 bits per heavy atom. The minimum absolute atomic E-state index is 0.143. The maximum absolute atomic E-state index is 12.7. The van der Waals surface area contributed by atoms with Crippen LogP contribution in [0, 0.1) is 0 Å². The molecule has 1 fully saturated rings. The van der Waals surface area contributed by atoms with Gasteiger partial charge in [-0.25, -0.2) is 4.79 Å². The van der Waals surface area contributed by atoms with E-state index in [1.54, 1.807) is 35.2 Å². The molecule has 2 aromatic rings. The van der Waals surface area contributed by atoms with Gasteiger partial charge in [-0.15, -0.1) is 0 Å². The second-order valence-electron chi connectivity index (χ2n) is 6.09. The van der Waals surface area contributed by atoms with Gasteiger partial charge in [-0.2, -0.15) is 0 Å². The zero-order valence-electron chi connectivity index (χ0n) is 14.8. The fourth-order valence-corrected chi connectivity index (χ4v) is 3.08. The van der Waals surface area contributed by atoms with E-state index in [-0.39, 0.29) is 11.9 Å². The van der Waals surface area contributed by atoms with Crippen LogP contribution in [0.25, 0.3) is 0 Å². The number of carbonyl (C=O) groups is 2. The molecule has 2 aliphatic rings. The lowest BCUT2D eigenvalue weighted by Gasteiger charge is -2.21. The zero-order chi connectivity index (χ0) is 18.8. The first-order chi connectivity index (χ1) is 13.2. The highest BCUT2D eigenvalue weighted by molar-refractivity contribution is 6.05. The van der Waals surface area contributed by atoms with Gasteiger partial charge in [0.2, 0.25) is 5.75 Å². The summed E-state index contributed by atoms with van der Waals surface area (Å²) in [5.41, 5.74) is 1.70. The van der Waals surface area contributed by atoms with Crippen molar-refractivity contribution in [2.45, 2.75) is 0 Å². The lowest BCUT2D eigenvalue weighted by Crippen LogP contribution is -2.27. The Morgan fingerprint density at radius 1 is 1.22 bits per heavy atom. The average molecular weight is 369 g/mol. The molecule has 2 N–H and O–H groups in total. The van der Waals surface area contributed by atoms with Crippen molar-refractivity contribution in [3.8, 4) is 17.2 Å². The normalized spacial score (nSPS) is 15.3. The summed E-state index contributed by atoms with van der Waals surface area (Å²) in [6, 6.07) is 10.2. The summed E-state index contributed by atoms with van der Waals surface area (Å²) < 4.78 is 16.4. The number of anilines is 2. The lowest BCUT2D eigenvalue weighted by atomic mass is 10.1. The van der Waals surface area contributed by atoms with Crippen LogP contribution in [0.4, 0.5) is 16.2 Å². The molecule has 8 heteroatoms. The minimum Gasteiger partial charge on any atom is -0.493 e. The third-order valence-electron chi connectivity index (χ3n) is 4.36. The second-order valence-corrected chi connectivity index (χ2v) is 6.09. The highest BCUT2D eigenvalue weighted by atomic mass is 16.6. The first-order valence-corrected chi connectivity index (χ1v) is 8.60. The van der Waals surface area contributed by atoms with Crippen molar-refractivity contribution >= 4 is 23.3 Å². The summed E-state index contributed by atoms with van der Waals surface area (Å²) in [6.45, 7) is 2.05. The molecule has 140 valence electrons. The number of amides is 3. The van der Waals surface area contributed by atoms with Crippen LogP contribution in [0.2, 0.25) is 0 Å². The van der Waals surface area contributed by atoms with Crippen molar-refractivity contribution in [3.63, 3.8) is 0 Å². The van der Waals surface area contributed by atoms with Gasteiger partial charge in [0.1, 0.15) is 13.2 Å². The maximum atomic E-state index is 12.7. The molecule has 2 aliphatic heterocycles. The largest absolute Gasteiger partial charge is 0.493 e. The van der Waals surface area contributed by atoms with Gasteiger partial charge in [-0.1, -0.05) is 6.07 Å². The van der Waals surface area contributed by atoms with E-state index in [0.717, 1.165) is 5.69 Å². The molecule has 0 atom stereocenters. The number of fused-ring (bicyclic) bond motifs is 1. The Balaban J connectivity index is 1.57. The molecule has 0 bridgehead atoms. The van der Waals surface area contributed by atoms with Crippen molar-refractivity contribution in [1.82, 2.24) is 5.32 Å².